The zero-order valence-corrected chi connectivity index (χ0v) is 23.8. The molecule has 206 valence electrons. The summed E-state index contributed by atoms with van der Waals surface area (Å²) in [7, 11) is 0. The summed E-state index contributed by atoms with van der Waals surface area (Å²) in [6.07, 6.45) is 10.9. The quantitative estimate of drug-likeness (QED) is 0.137. The Labute approximate surface area is 230 Å². The maximum Gasteiger partial charge on any atom is 0.175 e. The van der Waals surface area contributed by atoms with Crippen LogP contribution in [0.5, 0.6) is 0 Å². The van der Waals surface area contributed by atoms with E-state index in [4.69, 9.17) is 18.9 Å². The minimum atomic E-state index is -0.916. The molecule has 1 fully saturated rings. The van der Waals surface area contributed by atoms with Crippen molar-refractivity contribution in [2.75, 3.05) is 13.2 Å². The van der Waals surface area contributed by atoms with Crippen molar-refractivity contribution < 1.29 is 18.9 Å². The standard InChI is InChI=1S/C34H46O4/c1-5-6-7-8-9-10-17-23-34(32-28-36-33(3,4)38-32,37-27-31-20-15-12-16-21-31)24-22-29(2)25-35-26-30-18-13-11-14-19-30/h11-16,18-22,24,29,32H,5-10,25-28H2,1-4H3/b24-22+/t29-,32+,34+/m1/s1. The van der Waals surface area contributed by atoms with Crippen LogP contribution in [0.1, 0.15) is 77.3 Å². The van der Waals surface area contributed by atoms with E-state index in [0.717, 1.165) is 18.4 Å². The van der Waals surface area contributed by atoms with Crippen molar-refractivity contribution in [2.45, 2.75) is 96.9 Å². The normalized spacial score (nSPS) is 19.1. The molecule has 38 heavy (non-hydrogen) atoms. The number of benzene rings is 2. The average Bonchev–Trinajstić information content (AvgIpc) is 3.30. The van der Waals surface area contributed by atoms with Crippen molar-refractivity contribution in [3.8, 4) is 11.8 Å². The molecule has 2 aromatic rings. The van der Waals surface area contributed by atoms with E-state index in [-0.39, 0.29) is 12.0 Å². The first-order valence-corrected chi connectivity index (χ1v) is 14.2. The molecule has 0 N–H and O–H groups in total. The molecular formula is C34H46O4. The molecule has 4 nitrogen and oxygen atoms in total. The summed E-state index contributed by atoms with van der Waals surface area (Å²) < 4.78 is 25.0. The van der Waals surface area contributed by atoms with Gasteiger partial charge in [-0.05, 0) is 43.4 Å². The van der Waals surface area contributed by atoms with Gasteiger partial charge in [0.25, 0.3) is 0 Å². The monoisotopic (exact) mass is 518 g/mol. The Bertz CT molecular complexity index is 1010. The van der Waals surface area contributed by atoms with E-state index in [0.29, 0.717) is 26.4 Å². The van der Waals surface area contributed by atoms with Gasteiger partial charge in [-0.15, -0.1) is 0 Å². The van der Waals surface area contributed by atoms with Gasteiger partial charge in [0.15, 0.2) is 11.4 Å². The van der Waals surface area contributed by atoms with Gasteiger partial charge < -0.3 is 18.9 Å². The molecule has 0 saturated carbocycles. The molecule has 0 spiro atoms. The van der Waals surface area contributed by atoms with Gasteiger partial charge in [0.05, 0.1) is 26.4 Å². The fourth-order valence-corrected chi connectivity index (χ4v) is 4.40. The molecular weight excluding hydrogens is 472 g/mol. The Morgan fingerprint density at radius 2 is 1.63 bits per heavy atom. The zero-order valence-electron chi connectivity index (χ0n) is 23.8. The number of hydrogen-bond acceptors (Lipinski definition) is 4. The van der Waals surface area contributed by atoms with Crippen molar-refractivity contribution in [1.29, 1.82) is 0 Å². The SMILES string of the molecule is CCCCCCCC#C[C@@](/C=C/[C@@H](C)COCc1ccccc1)(OCc1ccccc1)[C@@H]1COC(C)(C)O1. The van der Waals surface area contributed by atoms with Crippen LogP contribution in [0.25, 0.3) is 0 Å². The van der Waals surface area contributed by atoms with Crippen LogP contribution in [0.15, 0.2) is 72.8 Å². The Kier molecular flexibility index (Phi) is 12.6. The summed E-state index contributed by atoms with van der Waals surface area (Å²) in [6.45, 7) is 10.4. The number of rotatable bonds is 15. The second-order valence-electron chi connectivity index (χ2n) is 10.7. The molecule has 0 amide bonds. The van der Waals surface area contributed by atoms with E-state index in [2.05, 4.69) is 62.1 Å². The van der Waals surface area contributed by atoms with Crippen molar-refractivity contribution in [3.05, 3.63) is 83.9 Å². The Morgan fingerprint density at radius 1 is 0.974 bits per heavy atom. The van der Waals surface area contributed by atoms with Crippen LogP contribution in [-0.4, -0.2) is 30.7 Å². The first kappa shape index (κ1) is 30.1. The molecule has 1 heterocycles. The summed E-state index contributed by atoms with van der Waals surface area (Å²) >= 11 is 0. The van der Waals surface area contributed by atoms with Crippen LogP contribution < -0.4 is 0 Å². The average molecular weight is 519 g/mol. The lowest BCUT2D eigenvalue weighted by atomic mass is 9.94. The van der Waals surface area contributed by atoms with Crippen molar-refractivity contribution in [2.24, 2.45) is 5.92 Å². The van der Waals surface area contributed by atoms with Crippen LogP contribution in [0.4, 0.5) is 0 Å². The Balaban J connectivity index is 1.75. The lowest BCUT2D eigenvalue weighted by molar-refractivity contribution is -0.162. The van der Waals surface area contributed by atoms with E-state index in [9.17, 15) is 0 Å². The second kappa shape index (κ2) is 15.9. The van der Waals surface area contributed by atoms with E-state index in [1.54, 1.807) is 0 Å². The topological polar surface area (TPSA) is 36.9 Å². The summed E-state index contributed by atoms with van der Waals surface area (Å²) in [4.78, 5) is 0. The molecule has 1 aliphatic rings. The molecule has 3 atom stereocenters. The lowest BCUT2D eigenvalue weighted by Gasteiger charge is -2.32. The maximum absolute atomic E-state index is 6.66. The van der Waals surface area contributed by atoms with Crippen LogP contribution in [0, 0.1) is 17.8 Å². The zero-order chi connectivity index (χ0) is 27.1. The van der Waals surface area contributed by atoms with E-state index < -0.39 is 11.4 Å². The van der Waals surface area contributed by atoms with Crippen LogP contribution in [-0.2, 0) is 32.2 Å². The van der Waals surface area contributed by atoms with Crippen LogP contribution in [0.3, 0.4) is 0 Å². The van der Waals surface area contributed by atoms with Crippen LogP contribution >= 0.6 is 0 Å². The van der Waals surface area contributed by atoms with Gasteiger partial charge in [-0.3, -0.25) is 0 Å². The molecule has 0 radical (unpaired) electrons. The second-order valence-corrected chi connectivity index (χ2v) is 10.7. The van der Waals surface area contributed by atoms with Gasteiger partial charge in [-0.1, -0.05) is 118 Å². The molecule has 2 aromatic carbocycles. The molecule has 4 heteroatoms. The fraction of sp³-hybridized carbons (Fsp3) is 0.529. The highest BCUT2D eigenvalue weighted by atomic mass is 16.8. The van der Waals surface area contributed by atoms with Crippen molar-refractivity contribution >= 4 is 0 Å². The van der Waals surface area contributed by atoms with E-state index in [1.165, 1.54) is 31.2 Å². The highest BCUT2D eigenvalue weighted by Crippen LogP contribution is 2.33. The molecule has 0 aromatic heterocycles. The summed E-state index contributed by atoms with van der Waals surface area (Å²) in [6, 6.07) is 20.5. The van der Waals surface area contributed by atoms with Crippen molar-refractivity contribution in [1.82, 2.24) is 0 Å². The van der Waals surface area contributed by atoms with Gasteiger partial charge in [-0.2, -0.15) is 0 Å². The van der Waals surface area contributed by atoms with Gasteiger partial charge in [0.2, 0.25) is 0 Å². The lowest BCUT2D eigenvalue weighted by Crippen LogP contribution is -2.44. The molecule has 1 saturated heterocycles. The first-order valence-electron chi connectivity index (χ1n) is 14.2. The number of unbranched alkanes of at least 4 members (excludes halogenated alkanes) is 5. The maximum atomic E-state index is 6.66. The third kappa shape index (κ3) is 10.4. The van der Waals surface area contributed by atoms with E-state index >= 15 is 0 Å². The first-order chi connectivity index (χ1) is 18.4. The summed E-state index contributed by atoms with van der Waals surface area (Å²) in [5.41, 5.74) is 1.36. The third-order valence-electron chi connectivity index (χ3n) is 6.66. The van der Waals surface area contributed by atoms with Crippen LogP contribution in [0.2, 0.25) is 0 Å². The molecule has 0 aliphatic carbocycles. The fourth-order valence-electron chi connectivity index (χ4n) is 4.40. The van der Waals surface area contributed by atoms with Gasteiger partial charge in [-0.25, -0.2) is 0 Å². The van der Waals surface area contributed by atoms with Gasteiger partial charge in [0, 0.05) is 6.42 Å². The largest absolute Gasteiger partial charge is 0.376 e. The predicted molar refractivity (Wildman–Crippen MR) is 154 cm³/mol. The number of hydrogen-bond donors (Lipinski definition) is 0. The molecule has 1 aliphatic heterocycles. The third-order valence-corrected chi connectivity index (χ3v) is 6.66. The predicted octanol–water partition coefficient (Wildman–Crippen LogP) is 7.87. The summed E-state index contributed by atoms with van der Waals surface area (Å²) in [5.74, 6) is 6.46. The highest BCUT2D eigenvalue weighted by molar-refractivity contribution is 5.28. The Hall–Kier alpha value is -2.42. The minimum absolute atomic E-state index is 0.185. The molecule has 0 unspecified atom stereocenters. The smallest absolute Gasteiger partial charge is 0.175 e. The molecule has 3 rings (SSSR count). The number of ether oxygens (including phenoxy) is 4. The summed E-state index contributed by atoms with van der Waals surface area (Å²) in [5, 5.41) is 0. The van der Waals surface area contributed by atoms with E-state index in [1.807, 2.05) is 50.2 Å². The molecule has 0 bridgehead atoms. The van der Waals surface area contributed by atoms with Crippen molar-refractivity contribution in [3.63, 3.8) is 0 Å². The van der Waals surface area contributed by atoms with Gasteiger partial charge >= 0.3 is 0 Å². The minimum Gasteiger partial charge on any atom is -0.376 e. The highest BCUT2D eigenvalue weighted by Gasteiger charge is 2.46. The Morgan fingerprint density at radius 3 is 2.26 bits per heavy atom. The van der Waals surface area contributed by atoms with Gasteiger partial charge in [0.1, 0.15) is 6.10 Å².